The highest BCUT2D eigenvalue weighted by atomic mass is 16.4. The number of hydrogen-bond acceptors (Lipinski definition) is 4. The Labute approximate surface area is 117 Å². The van der Waals surface area contributed by atoms with Gasteiger partial charge >= 0.3 is 0 Å². The minimum atomic E-state index is 0.123. The SMILES string of the molecule is Cc1oc(CCN)nc1-c1ccc2c(c1)CC(=O)N2C. The number of benzene rings is 1. The molecule has 0 radical (unpaired) electrons. The summed E-state index contributed by atoms with van der Waals surface area (Å²) in [6.07, 6.45) is 1.08. The van der Waals surface area contributed by atoms with Gasteiger partial charge < -0.3 is 15.1 Å². The van der Waals surface area contributed by atoms with Crippen molar-refractivity contribution in [3.8, 4) is 11.3 Å². The van der Waals surface area contributed by atoms with Gasteiger partial charge in [0.2, 0.25) is 5.91 Å². The fraction of sp³-hybridized carbons (Fsp3) is 0.333. The van der Waals surface area contributed by atoms with Gasteiger partial charge in [-0.3, -0.25) is 4.79 Å². The van der Waals surface area contributed by atoms with E-state index in [1.54, 1.807) is 11.9 Å². The number of aryl methyl sites for hydroxylation is 1. The number of likely N-dealkylation sites (N-methyl/N-ethyl adjacent to an activating group) is 1. The Hall–Kier alpha value is -2.14. The Morgan fingerprint density at radius 1 is 1.45 bits per heavy atom. The quantitative estimate of drug-likeness (QED) is 0.921. The molecule has 1 aliphatic heterocycles. The molecule has 1 aromatic carbocycles. The lowest BCUT2D eigenvalue weighted by Gasteiger charge is -2.10. The van der Waals surface area contributed by atoms with Gasteiger partial charge in [0.05, 0.1) is 6.42 Å². The molecule has 20 heavy (non-hydrogen) atoms. The largest absolute Gasteiger partial charge is 0.445 e. The molecular formula is C15H17N3O2. The minimum Gasteiger partial charge on any atom is -0.445 e. The lowest BCUT2D eigenvalue weighted by atomic mass is 10.1. The van der Waals surface area contributed by atoms with Gasteiger partial charge in [-0.2, -0.15) is 0 Å². The number of nitrogens with zero attached hydrogens (tertiary/aromatic N) is 2. The van der Waals surface area contributed by atoms with Gasteiger partial charge in [0.1, 0.15) is 11.5 Å². The molecule has 0 atom stereocenters. The number of aromatic nitrogens is 1. The van der Waals surface area contributed by atoms with Crippen molar-refractivity contribution < 1.29 is 9.21 Å². The number of nitrogens with two attached hydrogens (primary N) is 1. The van der Waals surface area contributed by atoms with Gasteiger partial charge in [-0.1, -0.05) is 6.07 Å². The number of hydrogen-bond donors (Lipinski definition) is 1. The molecule has 0 aliphatic carbocycles. The third-order valence-electron chi connectivity index (χ3n) is 3.63. The van der Waals surface area contributed by atoms with Gasteiger partial charge in [-0.15, -0.1) is 0 Å². The molecule has 1 aliphatic rings. The van der Waals surface area contributed by atoms with Crippen LogP contribution >= 0.6 is 0 Å². The van der Waals surface area contributed by atoms with Crippen LogP contribution in [0.1, 0.15) is 17.2 Å². The predicted molar refractivity (Wildman–Crippen MR) is 76.5 cm³/mol. The highest BCUT2D eigenvalue weighted by Gasteiger charge is 2.24. The standard InChI is InChI=1S/C15H17N3O2/c1-9-15(17-13(20-9)5-6-16)10-3-4-12-11(7-10)8-14(19)18(12)2/h3-4,7H,5-6,8,16H2,1-2H3. The normalized spacial score (nSPS) is 13.9. The lowest BCUT2D eigenvalue weighted by molar-refractivity contribution is -0.117. The second kappa shape index (κ2) is 4.76. The van der Waals surface area contributed by atoms with E-state index in [1.807, 2.05) is 25.1 Å². The Kier molecular flexibility index (Phi) is 3.06. The number of oxazole rings is 1. The fourth-order valence-corrected chi connectivity index (χ4v) is 2.57. The van der Waals surface area contributed by atoms with Crippen molar-refractivity contribution in [2.24, 2.45) is 5.73 Å². The molecule has 0 saturated heterocycles. The first-order valence-corrected chi connectivity index (χ1v) is 6.66. The fourth-order valence-electron chi connectivity index (χ4n) is 2.57. The van der Waals surface area contributed by atoms with Crippen molar-refractivity contribution in [1.82, 2.24) is 4.98 Å². The third-order valence-corrected chi connectivity index (χ3v) is 3.63. The number of carbonyl (C=O) groups excluding carboxylic acids is 1. The van der Waals surface area contributed by atoms with Crippen LogP contribution < -0.4 is 10.6 Å². The van der Waals surface area contributed by atoms with Crippen LogP contribution in [0.3, 0.4) is 0 Å². The van der Waals surface area contributed by atoms with Gasteiger partial charge in [0.25, 0.3) is 0 Å². The van der Waals surface area contributed by atoms with Crippen molar-refractivity contribution in [3.63, 3.8) is 0 Å². The summed E-state index contributed by atoms with van der Waals surface area (Å²) >= 11 is 0. The summed E-state index contributed by atoms with van der Waals surface area (Å²) in [4.78, 5) is 17.9. The van der Waals surface area contributed by atoms with Crippen LogP contribution in [-0.4, -0.2) is 24.5 Å². The number of fused-ring (bicyclic) bond motifs is 1. The maximum Gasteiger partial charge on any atom is 0.231 e. The van der Waals surface area contributed by atoms with Crippen LogP contribution in [0.4, 0.5) is 5.69 Å². The zero-order valence-corrected chi connectivity index (χ0v) is 11.6. The zero-order chi connectivity index (χ0) is 14.3. The number of carbonyl (C=O) groups is 1. The Balaban J connectivity index is 2.00. The van der Waals surface area contributed by atoms with Crippen LogP contribution in [-0.2, 0) is 17.6 Å². The molecule has 0 spiro atoms. The van der Waals surface area contributed by atoms with E-state index < -0.39 is 0 Å². The molecule has 0 unspecified atom stereocenters. The average molecular weight is 271 g/mol. The van der Waals surface area contributed by atoms with E-state index in [4.69, 9.17) is 10.2 Å². The summed E-state index contributed by atoms with van der Waals surface area (Å²) < 4.78 is 5.60. The first-order chi connectivity index (χ1) is 9.60. The van der Waals surface area contributed by atoms with Crippen LogP contribution in [0, 0.1) is 6.92 Å². The Morgan fingerprint density at radius 2 is 2.25 bits per heavy atom. The average Bonchev–Trinajstić information content (AvgIpc) is 2.91. The Morgan fingerprint density at radius 3 is 3.00 bits per heavy atom. The molecule has 1 amide bonds. The minimum absolute atomic E-state index is 0.123. The van der Waals surface area contributed by atoms with E-state index >= 15 is 0 Å². The van der Waals surface area contributed by atoms with Crippen molar-refractivity contribution in [2.75, 3.05) is 18.5 Å². The zero-order valence-electron chi connectivity index (χ0n) is 11.6. The molecular weight excluding hydrogens is 254 g/mol. The number of rotatable bonds is 3. The summed E-state index contributed by atoms with van der Waals surface area (Å²) in [5, 5.41) is 0. The molecule has 0 fully saturated rings. The van der Waals surface area contributed by atoms with Gasteiger partial charge in [-0.05, 0) is 24.6 Å². The highest BCUT2D eigenvalue weighted by molar-refractivity contribution is 6.01. The highest BCUT2D eigenvalue weighted by Crippen LogP contribution is 2.32. The lowest BCUT2D eigenvalue weighted by Crippen LogP contribution is -2.20. The van der Waals surface area contributed by atoms with E-state index in [9.17, 15) is 4.79 Å². The van der Waals surface area contributed by atoms with Crippen LogP contribution in [0.5, 0.6) is 0 Å². The third kappa shape index (κ3) is 2.00. The van der Waals surface area contributed by atoms with Crippen LogP contribution in [0.15, 0.2) is 22.6 Å². The van der Waals surface area contributed by atoms with Crippen molar-refractivity contribution in [3.05, 3.63) is 35.4 Å². The molecule has 104 valence electrons. The molecule has 2 N–H and O–H groups in total. The predicted octanol–water partition coefficient (Wildman–Crippen LogP) is 1.67. The Bertz CT molecular complexity index is 676. The number of anilines is 1. The molecule has 1 aromatic heterocycles. The summed E-state index contributed by atoms with van der Waals surface area (Å²) in [7, 11) is 1.80. The second-order valence-corrected chi connectivity index (χ2v) is 5.02. The summed E-state index contributed by atoms with van der Waals surface area (Å²) in [5.41, 5.74) is 9.35. The van der Waals surface area contributed by atoms with E-state index in [0.717, 1.165) is 28.3 Å². The van der Waals surface area contributed by atoms with E-state index in [0.29, 0.717) is 25.3 Å². The van der Waals surface area contributed by atoms with Crippen molar-refractivity contribution in [2.45, 2.75) is 19.8 Å². The molecule has 2 aromatic rings. The molecule has 3 rings (SSSR count). The second-order valence-electron chi connectivity index (χ2n) is 5.02. The van der Waals surface area contributed by atoms with Gasteiger partial charge in [0, 0.05) is 31.3 Å². The van der Waals surface area contributed by atoms with E-state index in [2.05, 4.69) is 4.98 Å². The molecule has 0 bridgehead atoms. The van der Waals surface area contributed by atoms with Gasteiger partial charge in [0.15, 0.2) is 5.89 Å². The molecule has 2 heterocycles. The first kappa shape index (κ1) is 12.9. The maximum absolute atomic E-state index is 11.7. The maximum atomic E-state index is 11.7. The van der Waals surface area contributed by atoms with Crippen molar-refractivity contribution in [1.29, 1.82) is 0 Å². The van der Waals surface area contributed by atoms with Crippen molar-refractivity contribution >= 4 is 11.6 Å². The van der Waals surface area contributed by atoms with Crippen LogP contribution in [0.25, 0.3) is 11.3 Å². The van der Waals surface area contributed by atoms with E-state index in [-0.39, 0.29) is 5.91 Å². The van der Waals surface area contributed by atoms with Gasteiger partial charge in [-0.25, -0.2) is 4.98 Å². The topological polar surface area (TPSA) is 72.4 Å². The smallest absolute Gasteiger partial charge is 0.231 e. The molecule has 5 heteroatoms. The summed E-state index contributed by atoms with van der Waals surface area (Å²) in [5.74, 6) is 1.57. The molecule has 5 nitrogen and oxygen atoms in total. The van der Waals surface area contributed by atoms with Crippen LogP contribution in [0.2, 0.25) is 0 Å². The monoisotopic (exact) mass is 271 g/mol. The molecule has 0 saturated carbocycles. The summed E-state index contributed by atoms with van der Waals surface area (Å²) in [6.45, 7) is 2.41. The summed E-state index contributed by atoms with van der Waals surface area (Å²) in [6, 6.07) is 5.96. The first-order valence-electron chi connectivity index (χ1n) is 6.66. The number of amides is 1. The van der Waals surface area contributed by atoms with E-state index in [1.165, 1.54) is 0 Å².